The van der Waals surface area contributed by atoms with Crippen LogP contribution in [0.5, 0.6) is 17.2 Å². The molecule has 146 valence electrons. The van der Waals surface area contributed by atoms with Crippen molar-refractivity contribution in [1.82, 2.24) is 4.90 Å². The first-order chi connectivity index (χ1) is 13.5. The summed E-state index contributed by atoms with van der Waals surface area (Å²) >= 11 is 0. The third-order valence-electron chi connectivity index (χ3n) is 4.41. The zero-order valence-corrected chi connectivity index (χ0v) is 16.2. The van der Waals surface area contributed by atoms with Crippen LogP contribution in [0, 0.1) is 0 Å². The third-order valence-corrected chi connectivity index (χ3v) is 4.41. The number of nitrogens with zero attached hydrogens (tertiary/aromatic N) is 1. The average Bonchev–Trinajstić information content (AvgIpc) is 2.93. The second-order valence-corrected chi connectivity index (χ2v) is 6.07. The topological polar surface area (TPSA) is 77.1 Å². The number of carbonyl (C=O) groups is 2. The van der Waals surface area contributed by atoms with E-state index in [4.69, 9.17) is 14.2 Å². The number of methoxy groups -OCH3 is 2. The molecule has 3 rings (SSSR count). The Balaban J connectivity index is 2.04. The highest BCUT2D eigenvalue weighted by Crippen LogP contribution is 2.35. The molecule has 7 nitrogen and oxygen atoms in total. The Morgan fingerprint density at radius 1 is 0.929 bits per heavy atom. The number of ether oxygens (including phenoxy) is 3. The van der Waals surface area contributed by atoms with Crippen LogP contribution in [0.1, 0.15) is 12.5 Å². The minimum absolute atomic E-state index is 0.195. The summed E-state index contributed by atoms with van der Waals surface area (Å²) < 4.78 is 16.0. The van der Waals surface area contributed by atoms with E-state index in [1.807, 2.05) is 6.92 Å². The molecule has 0 saturated heterocycles. The van der Waals surface area contributed by atoms with Gasteiger partial charge in [0.25, 0.3) is 11.8 Å². The van der Waals surface area contributed by atoms with Gasteiger partial charge in [-0.05, 0) is 36.8 Å². The van der Waals surface area contributed by atoms with Crippen LogP contribution < -0.4 is 19.5 Å². The zero-order valence-electron chi connectivity index (χ0n) is 16.2. The van der Waals surface area contributed by atoms with Crippen LogP contribution in [0.15, 0.2) is 48.2 Å². The summed E-state index contributed by atoms with van der Waals surface area (Å²) in [5, 5.41) is 3.07. The third kappa shape index (κ3) is 3.51. The molecule has 7 heteroatoms. The van der Waals surface area contributed by atoms with E-state index in [0.29, 0.717) is 40.7 Å². The first-order valence-electron chi connectivity index (χ1n) is 8.79. The number of amides is 2. The molecule has 1 aliphatic rings. The lowest BCUT2D eigenvalue weighted by Crippen LogP contribution is -2.27. The van der Waals surface area contributed by atoms with E-state index in [1.54, 1.807) is 49.6 Å². The van der Waals surface area contributed by atoms with Gasteiger partial charge < -0.3 is 19.5 Å². The van der Waals surface area contributed by atoms with Crippen LogP contribution in [-0.2, 0) is 9.59 Å². The van der Waals surface area contributed by atoms with E-state index in [2.05, 4.69) is 5.32 Å². The fraction of sp³-hybridized carbons (Fsp3) is 0.238. The van der Waals surface area contributed by atoms with Crippen molar-refractivity contribution in [3.05, 3.63) is 53.7 Å². The van der Waals surface area contributed by atoms with E-state index < -0.39 is 5.91 Å². The molecule has 2 aromatic carbocycles. The highest BCUT2D eigenvalue weighted by molar-refractivity contribution is 6.36. The number of hydrogen-bond donors (Lipinski definition) is 1. The van der Waals surface area contributed by atoms with E-state index in [1.165, 1.54) is 14.2 Å². The van der Waals surface area contributed by atoms with Crippen molar-refractivity contribution in [3.63, 3.8) is 0 Å². The van der Waals surface area contributed by atoms with Gasteiger partial charge in [-0.15, -0.1) is 0 Å². The van der Waals surface area contributed by atoms with E-state index in [-0.39, 0.29) is 11.6 Å². The summed E-state index contributed by atoms with van der Waals surface area (Å²) in [5.41, 5.74) is 1.67. The molecule has 0 bridgehead atoms. The van der Waals surface area contributed by atoms with E-state index in [9.17, 15) is 9.59 Å². The molecule has 1 heterocycles. The summed E-state index contributed by atoms with van der Waals surface area (Å²) in [6.07, 6.45) is 0. The zero-order chi connectivity index (χ0) is 20.3. The van der Waals surface area contributed by atoms with Gasteiger partial charge in [-0.1, -0.05) is 12.1 Å². The van der Waals surface area contributed by atoms with Gasteiger partial charge in [0.15, 0.2) is 0 Å². The number of hydrogen-bond acceptors (Lipinski definition) is 6. The first-order valence-corrected chi connectivity index (χ1v) is 8.79. The Hall–Kier alpha value is -3.48. The monoisotopic (exact) mass is 382 g/mol. The number of rotatable bonds is 7. The van der Waals surface area contributed by atoms with Crippen molar-refractivity contribution < 1.29 is 23.8 Å². The molecule has 0 fully saturated rings. The second kappa shape index (κ2) is 8.04. The van der Waals surface area contributed by atoms with Gasteiger partial charge >= 0.3 is 0 Å². The minimum Gasteiger partial charge on any atom is -0.497 e. The minimum atomic E-state index is -0.410. The number of benzene rings is 2. The van der Waals surface area contributed by atoms with Crippen LogP contribution in [-0.4, -0.2) is 44.6 Å². The summed E-state index contributed by atoms with van der Waals surface area (Å²) in [7, 11) is 4.54. The molecule has 0 unspecified atom stereocenters. The molecule has 0 saturated carbocycles. The Kier molecular flexibility index (Phi) is 5.54. The number of carbonyl (C=O) groups excluding carboxylic acids is 2. The van der Waals surface area contributed by atoms with Gasteiger partial charge in [0.1, 0.15) is 22.9 Å². The van der Waals surface area contributed by atoms with Crippen molar-refractivity contribution in [3.8, 4) is 17.2 Å². The fourth-order valence-electron chi connectivity index (χ4n) is 2.95. The lowest BCUT2D eigenvalue weighted by atomic mass is 10.0. The molecular formula is C21H22N2O5. The molecule has 0 atom stereocenters. The Morgan fingerprint density at radius 2 is 1.61 bits per heavy atom. The standard InChI is InChI=1S/C21H22N2O5/c1-5-28-14-8-6-13(7-9-14)18-19(21(25)23(2)20(18)24)22-16-11-10-15(26-3)12-17(16)27-4/h6-12,22H,5H2,1-4H3. The van der Waals surface area contributed by atoms with Crippen LogP contribution in [0.25, 0.3) is 5.57 Å². The van der Waals surface area contributed by atoms with Crippen LogP contribution in [0.2, 0.25) is 0 Å². The van der Waals surface area contributed by atoms with Crippen molar-refractivity contribution in [1.29, 1.82) is 0 Å². The molecule has 0 aliphatic carbocycles. The SMILES string of the molecule is CCOc1ccc(C2=C(Nc3ccc(OC)cc3OC)C(=O)N(C)C2=O)cc1. The van der Waals surface area contributed by atoms with Crippen molar-refractivity contribution in [2.24, 2.45) is 0 Å². The van der Waals surface area contributed by atoms with Gasteiger partial charge in [-0.2, -0.15) is 0 Å². The van der Waals surface area contributed by atoms with Crippen LogP contribution in [0.4, 0.5) is 5.69 Å². The van der Waals surface area contributed by atoms with E-state index >= 15 is 0 Å². The number of nitrogens with one attached hydrogen (secondary N) is 1. The molecule has 1 N–H and O–H groups in total. The lowest BCUT2D eigenvalue weighted by Gasteiger charge is -2.13. The predicted octanol–water partition coefficient (Wildman–Crippen LogP) is 2.92. The number of anilines is 1. The summed E-state index contributed by atoms with van der Waals surface area (Å²) in [6, 6.07) is 12.2. The lowest BCUT2D eigenvalue weighted by molar-refractivity contribution is -0.135. The van der Waals surface area contributed by atoms with Crippen molar-refractivity contribution in [2.45, 2.75) is 6.92 Å². The van der Waals surface area contributed by atoms with Crippen LogP contribution >= 0.6 is 0 Å². The Morgan fingerprint density at radius 3 is 2.21 bits per heavy atom. The smallest absolute Gasteiger partial charge is 0.277 e. The van der Waals surface area contributed by atoms with Gasteiger partial charge in [-0.3, -0.25) is 14.5 Å². The predicted molar refractivity (Wildman–Crippen MR) is 105 cm³/mol. The van der Waals surface area contributed by atoms with E-state index in [0.717, 1.165) is 4.90 Å². The highest BCUT2D eigenvalue weighted by Gasteiger charge is 2.37. The largest absolute Gasteiger partial charge is 0.497 e. The Bertz CT molecular complexity index is 934. The summed E-state index contributed by atoms with van der Waals surface area (Å²) in [6.45, 7) is 2.45. The molecule has 2 aromatic rings. The normalized spacial score (nSPS) is 13.8. The number of imide groups is 1. The summed E-state index contributed by atoms with van der Waals surface area (Å²) in [5.74, 6) is 1.03. The molecular weight excluding hydrogens is 360 g/mol. The molecule has 0 spiro atoms. The molecule has 2 amide bonds. The molecule has 1 aliphatic heterocycles. The van der Waals surface area contributed by atoms with Gasteiger partial charge in [0, 0.05) is 13.1 Å². The summed E-state index contributed by atoms with van der Waals surface area (Å²) in [4.78, 5) is 26.5. The van der Waals surface area contributed by atoms with Crippen molar-refractivity contribution >= 4 is 23.1 Å². The second-order valence-electron chi connectivity index (χ2n) is 6.07. The average molecular weight is 382 g/mol. The molecule has 0 radical (unpaired) electrons. The van der Waals surface area contributed by atoms with Gasteiger partial charge in [0.05, 0.1) is 32.1 Å². The maximum atomic E-state index is 12.7. The maximum Gasteiger partial charge on any atom is 0.277 e. The number of likely N-dealkylation sites (N-methyl/N-ethyl adjacent to an activating group) is 1. The quantitative estimate of drug-likeness (QED) is 0.742. The maximum absolute atomic E-state index is 12.7. The van der Waals surface area contributed by atoms with Crippen LogP contribution in [0.3, 0.4) is 0 Å². The Labute approximate surface area is 163 Å². The molecule has 28 heavy (non-hydrogen) atoms. The first kappa shape index (κ1) is 19.3. The molecule has 0 aromatic heterocycles. The van der Waals surface area contributed by atoms with Gasteiger partial charge in [-0.25, -0.2) is 0 Å². The fourth-order valence-corrected chi connectivity index (χ4v) is 2.95. The van der Waals surface area contributed by atoms with Gasteiger partial charge in [0.2, 0.25) is 0 Å². The highest BCUT2D eigenvalue weighted by atomic mass is 16.5. The van der Waals surface area contributed by atoms with Crippen molar-refractivity contribution in [2.75, 3.05) is 33.2 Å².